The Kier molecular flexibility index (Phi) is 4.93. The molecule has 21 heavy (non-hydrogen) atoms. The number of ether oxygens (including phenoxy) is 1. The van der Waals surface area contributed by atoms with E-state index in [1.807, 2.05) is 38.1 Å². The molecule has 0 unspecified atom stereocenters. The minimum Gasteiger partial charge on any atom is -0.494 e. The second-order valence-electron chi connectivity index (χ2n) is 4.79. The molecule has 0 aliphatic carbocycles. The van der Waals surface area contributed by atoms with Gasteiger partial charge in [-0.15, -0.1) is 0 Å². The van der Waals surface area contributed by atoms with Crippen LogP contribution in [0.15, 0.2) is 42.5 Å². The van der Waals surface area contributed by atoms with Gasteiger partial charge in [-0.2, -0.15) is 0 Å². The molecule has 0 bridgehead atoms. The number of nitrogens with one attached hydrogen (secondary N) is 1. The average molecular weight is 287 g/mol. The molecule has 1 amide bonds. The Morgan fingerprint density at radius 1 is 1.19 bits per heavy atom. The van der Waals surface area contributed by atoms with Crippen LogP contribution in [0.1, 0.15) is 18.1 Å². The Morgan fingerprint density at radius 2 is 1.90 bits per heavy atom. The van der Waals surface area contributed by atoms with E-state index in [0.717, 1.165) is 16.9 Å². The fourth-order valence-corrected chi connectivity index (χ4v) is 1.98. The molecule has 0 heterocycles. The predicted molar refractivity (Wildman–Crippen MR) is 81.1 cm³/mol. The van der Waals surface area contributed by atoms with Crippen molar-refractivity contribution in [1.29, 1.82) is 0 Å². The summed E-state index contributed by atoms with van der Waals surface area (Å²) in [5, 5.41) is 2.59. The van der Waals surface area contributed by atoms with Crippen molar-refractivity contribution < 1.29 is 13.9 Å². The van der Waals surface area contributed by atoms with Gasteiger partial charge < -0.3 is 10.1 Å². The van der Waals surface area contributed by atoms with Crippen LogP contribution in [0.4, 0.5) is 10.1 Å². The SMILES string of the molecule is CCOc1ccc(CC(=O)Nc2cc(C)ccc2F)cc1. The molecular formula is C17H18FNO2. The van der Waals surface area contributed by atoms with Crippen molar-refractivity contribution in [3.8, 4) is 5.75 Å². The lowest BCUT2D eigenvalue weighted by Crippen LogP contribution is -2.15. The number of hydrogen-bond acceptors (Lipinski definition) is 2. The summed E-state index contributed by atoms with van der Waals surface area (Å²) in [5.41, 5.74) is 1.96. The van der Waals surface area contributed by atoms with Crippen molar-refractivity contribution in [2.45, 2.75) is 20.3 Å². The number of carbonyl (C=O) groups excluding carboxylic acids is 1. The van der Waals surface area contributed by atoms with Gasteiger partial charge in [-0.05, 0) is 49.2 Å². The molecule has 0 spiro atoms. The minimum atomic E-state index is -0.430. The highest BCUT2D eigenvalue weighted by Crippen LogP contribution is 2.17. The van der Waals surface area contributed by atoms with Crippen LogP contribution in [0, 0.1) is 12.7 Å². The first kappa shape index (κ1) is 15.0. The molecule has 0 saturated heterocycles. The van der Waals surface area contributed by atoms with E-state index >= 15 is 0 Å². The van der Waals surface area contributed by atoms with Crippen LogP contribution in [-0.2, 0) is 11.2 Å². The van der Waals surface area contributed by atoms with E-state index in [1.165, 1.54) is 6.07 Å². The van der Waals surface area contributed by atoms with Crippen molar-refractivity contribution in [1.82, 2.24) is 0 Å². The van der Waals surface area contributed by atoms with Gasteiger partial charge in [0.15, 0.2) is 0 Å². The lowest BCUT2D eigenvalue weighted by Gasteiger charge is -2.08. The Balaban J connectivity index is 1.99. The van der Waals surface area contributed by atoms with E-state index < -0.39 is 5.82 Å². The van der Waals surface area contributed by atoms with Crippen LogP contribution >= 0.6 is 0 Å². The summed E-state index contributed by atoms with van der Waals surface area (Å²) >= 11 is 0. The first-order valence-corrected chi connectivity index (χ1v) is 6.86. The standard InChI is InChI=1S/C17H18FNO2/c1-3-21-14-7-5-13(6-8-14)11-17(20)19-16-10-12(2)4-9-15(16)18/h4-10H,3,11H2,1-2H3,(H,19,20). The van der Waals surface area contributed by atoms with Crippen LogP contribution < -0.4 is 10.1 Å². The van der Waals surface area contributed by atoms with Crippen LogP contribution in [0.25, 0.3) is 0 Å². The maximum Gasteiger partial charge on any atom is 0.228 e. The molecule has 0 aliphatic rings. The monoisotopic (exact) mass is 287 g/mol. The molecule has 0 radical (unpaired) electrons. The summed E-state index contributed by atoms with van der Waals surface area (Å²) < 4.78 is 18.9. The summed E-state index contributed by atoms with van der Waals surface area (Å²) in [5.74, 6) is 0.0932. The molecule has 0 aliphatic heterocycles. The Bertz CT molecular complexity index is 623. The van der Waals surface area contributed by atoms with E-state index in [0.29, 0.717) is 6.61 Å². The quantitative estimate of drug-likeness (QED) is 0.910. The van der Waals surface area contributed by atoms with Crippen LogP contribution in [0.3, 0.4) is 0 Å². The molecule has 4 heteroatoms. The zero-order valence-corrected chi connectivity index (χ0v) is 12.2. The van der Waals surface area contributed by atoms with Crippen molar-refractivity contribution in [3.63, 3.8) is 0 Å². The molecule has 110 valence electrons. The van der Waals surface area contributed by atoms with E-state index in [2.05, 4.69) is 5.32 Å². The number of anilines is 1. The van der Waals surface area contributed by atoms with Crippen LogP contribution in [0.2, 0.25) is 0 Å². The van der Waals surface area contributed by atoms with Gasteiger partial charge in [0, 0.05) is 0 Å². The number of carbonyl (C=O) groups is 1. The molecule has 2 rings (SSSR count). The van der Waals surface area contributed by atoms with Crippen molar-refractivity contribution in [3.05, 3.63) is 59.4 Å². The molecule has 0 aromatic heterocycles. The largest absolute Gasteiger partial charge is 0.494 e. The third-order valence-corrected chi connectivity index (χ3v) is 2.99. The van der Waals surface area contributed by atoms with Gasteiger partial charge in [-0.1, -0.05) is 18.2 Å². The summed E-state index contributed by atoms with van der Waals surface area (Å²) in [6.07, 6.45) is 0.194. The molecule has 0 fully saturated rings. The fourth-order valence-electron chi connectivity index (χ4n) is 1.98. The molecule has 1 N–H and O–H groups in total. The van der Waals surface area contributed by atoms with E-state index in [-0.39, 0.29) is 18.0 Å². The van der Waals surface area contributed by atoms with E-state index in [4.69, 9.17) is 4.74 Å². The van der Waals surface area contributed by atoms with E-state index in [9.17, 15) is 9.18 Å². The molecule has 0 saturated carbocycles. The Morgan fingerprint density at radius 3 is 2.57 bits per heavy atom. The predicted octanol–water partition coefficient (Wildman–Crippen LogP) is 3.71. The lowest BCUT2D eigenvalue weighted by atomic mass is 10.1. The number of halogens is 1. The molecule has 3 nitrogen and oxygen atoms in total. The van der Waals surface area contributed by atoms with Gasteiger partial charge in [0.2, 0.25) is 5.91 Å². The first-order chi connectivity index (χ1) is 10.1. The summed E-state index contributed by atoms with van der Waals surface area (Å²) in [4.78, 5) is 11.9. The highest BCUT2D eigenvalue weighted by molar-refractivity contribution is 5.92. The van der Waals surface area contributed by atoms with Crippen molar-refractivity contribution in [2.75, 3.05) is 11.9 Å². The van der Waals surface area contributed by atoms with Gasteiger partial charge in [0.1, 0.15) is 11.6 Å². The highest BCUT2D eigenvalue weighted by atomic mass is 19.1. The molecule has 2 aromatic carbocycles. The molecule has 0 atom stereocenters. The molecule has 2 aromatic rings. The van der Waals surface area contributed by atoms with Crippen molar-refractivity contribution in [2.24, 2.45) is 0 Å². The third kappa shape index (κ3) is 4.31. The second-order valence-corrected chi connectivity index (χ2v) is 4.79. The average Bonchev–Trinajstić information content (AvgIpc) is 2.45. The van der Waals surface area contributed by atoms with Gasteiger partial charge >= 0.3 is 0 Å². The second kappa shape index (κ2) is 6.88. The lowest BCUT2D eigenvalue weighted by molar-refractivity contribution is -0.115. The molecular weight excluding hydrogens is 269 g/mol. The summed E-state index contributed by atoms with van der Waals surface area (Å²) in [6.45, 7) is 4.37. The number of rotatable bonds is 5. The van der Waals surface area contributed by atoms with Crippen LogP contribution in [0.5, 0.6) is 5.75 Å². The smallest absolute Gasteiger partial charge is 0.228 e. The number of benzene rings is 2. The van der Waals surface area contributed by atoms with Gasteiger partial charge in [-0.3, -0.25) is 4.79 Å². The van der Waals surface area contributed by atoms with Gasteiger partial charge in [0.05, 0.1) is 18.7 Å². The summed E-state index contributed by atoms with van der Waals surface area (Å²) in [6, 6.07) is 11.9. The Hall–Kier alpha value is -2.36. The van der Waals surface area contributed by atoms with Crippen molar-refractivity contribution >= 4 is 11.6 Å². The van der Waals surface area contributed by atoms with Gasteiger partial charge in [-0.25, -0.2) is 4.39 Å². The number of aryl methyl sites for hydroxylation is 1. The maximum absolute atomic E-state index is 13.6. The zero-order chi connectivity index (χ0) is 15.2. The Labute approximate surface area is 123 Å². The fraction of sp³-hybridized carbons (Fsp3) is 0.235. The topological polar surface area (TPSA) is 38.3 Å². The summed E-state index contributed by atoms with van der Waals surface area (Å²) in [7, 11) is 0. The van der Waals surface area contributed by atoms with Crippen LogP contribution in [-0.4, -0.2) is 12.5 Å². The number of hydrogen-bond donors (Lipinski definition) is 1. The normalized spacial score (nSPS) is 10.2. The highest BCUT2D eigenvalue weighted by Gasteiger charge is 2.08. The third-order valence-electron chi connectivity index (χ3n) is 2.99. The van der Waals surface area contributed by atoms with Gasteiger partial charge in [0.25, 0.3) is 0 Å². The first-order valence-electron chi connectivity index (χ1n) is 6.86. The zero-order valence-electron chi connectivity index (χ0n) is 12.2. The minimum absolute atomic E-state index is 0.194. The maximum atomic E-state index is 13.6. The van der Waals surface area contributed by atoms with E-state index in [1.54, 1.807) is 12.1 Å². The number of amides is 1.